The summed E-state index contributed by atoms with van der Waals surface area (Å²) in [4.78, 5) is 12.7. The fourth-order valence-electron chi connectivity index (χ4n) is 2.98. The average molecular weight is 308 g/mol. The van der Waals surface area contributed by atoms with Crippen molar-refractivity contribution in [1.29, 1.82) is 0 Å². The minimum Gasteiger partial charge on any atom is -0.492 e. The van der Waals surface area contributed by atoms with Gasteiger partial charge < -0.3 is 9.47 Å². The molecule has 0 N–H and O–H groups in total. The van der Waals surface area contributed by atoms with E-state index in [0.29, 0.717) is 18.1 Å². The molecule has 0 saturated carbocycles. The number of ether oxygens (including phenoxy) is 2. The van der Waals surface area contributed by atoms with Gasteiger partial charge in [0.2, 0.25) is 0 Å². The molecule has 0 unspecified atom stereocenters. The van der Waals surface area contributed by atoms with Crippen LogP contribution in [0, 0.1) is 0 Å². The third kappa shape index (κ3) is 3.00. The third-order valence-corrected chi connectivity index (χ3v) is 4.06. The zero-order valence-corrected chi connectivity index (χ0v) is 13.5. The first kappa shape index (κ1) is 15.3. The van der Waals surface area contributed by atoms with Crippen molar-refractivity contribution in [2.75, 3.05) is 13.7 Å². The lowest BCUT2D eigenvalue weighted by atomic mass is 9.86. The van der Waals surface area contributed by atoms with Crippen LogP contribution in [0.15, 0.2) is 48.0 Å². The van der Waals surface area contributed by atoms with Gasteiger partial charge in [-0.05, 0) is 37.5 Å². The average Bonchev–Trinajstić information content (AvgIpc) is 2.58. The molecule has 0 bridgehead atoms. The van der Waals surface area contributed by atoms with Gasteiger partial charge in [-0.25, -0.2) is 0 Å². The number of carbonyl (C=O) groups excluding carboxylic acids is 1. The van der Waals surface area contributed by atoms with E-state index in [1.54, 1.807) is 7.11 Å². The minimum absolute atomic E-state index is 0.107. The molecule has 23 heavy (non-hydrogen) atoms. The molecule has 3 rings (SSSR count). The molecule has 0 aromatic heterocycles. The Morgan fingerprint density at radius 2 is 1.91 bits per heavy atom. The van der Waals surface area contributed by atoms with Crippen LogP contribution >= 0.6 is 0 Å². The Morgan fingerprint density at radius 3 is 2.70 bits per heavy atom. The van der Waals surface area contributed by atoms with Gasteiger partial charge in [0.25, 0.3) is 0 Å². The monoisotopic (exact) mass is 308 g/mol. The molecule has 0 heterocycles. The normalized spacial score (nSPS) is 15.4. The Bertz CT molecular complexity index is 759. The Morgan fingerprint density at radius 1 is 1.09 bits per heavy atom. The highest BCUT2D eigenvalue weighted by Crippen LogP contribution is 2.34. The summed E-state index contributed by atoms with van der Waals surface area (Å²) < 4.78 is 11.1. The Labute approximate surface area is 136 Å². The molecular formula is C20H20O3. The van der Waals surface area contributed by atoms with Crippen molar-refractivity contribution in [1.82, 2.24) is 0 Å². The second kappa shape index (κ2) is 6.69. The van der Waals surface area contributed by atoms with Crippen molar-refractivity contribution in [2.45, 2.75) is 19.8 Å². The van der Waals surface area contributed by atoms with Crippen molar-refractivity contribution in [3.8, 4) is 11.5 Å². The fourth-order valence-corrected chi connectivity index (χ4v) is 2.98. The molecule has 1 aliphatic rings. The van der Waals surface area contributed by atoms with Crippen LogP contribution in [0.1, 0.15) is 34.8 Å². The van der Waals surface area contributed by atoms with Crippen LogP contribution in [0.4, 0.5) is 0 Å². The van der Waals surface area contributed by atoms with Crippen molar-refractivity contribution >= 4 is 11.9 Å². The van der Waals surface area contributed by atoms with Crippen LogP contribution in [-0.4, -0.2) is 19.5 Å². The molecule has 0 radical (unpaired) electrons. The first-order valence-electron chi connectivity index (χ1n) is 7.87. The second-order valence-electron chi connectivity index (χ2n) is 5.47. The molecular weight excluding hydrogens is 288 g/mol. The predicted octanol–water partition coefficient (Wildman–Crippen LogP) is 4.31. The summed E-state index contributed by atoms with van der Waals surface area (Å²) in [5, 5.41) is 0. The maximum absolute atomic E-state index is 12.7. The third-order valence-electron chi connectivity index (χ3n) is 4.06. The van der Waals surface area contributed by atoms with Gasteiger partial charge in [-0.2, -0.15) is 0 Å². The number of ketones is 1. The van der Waals surface area contributed by atoms with E-state index in [0.717, 1.165) is 35.1 Å². The van der Waals surface area contributed by atoms with Gasteiger partial charge in [0.05, 0.1) is 13.7 Å². The van der Waals surface area contributed by atoms with E-state index >= 15 is 0 Å². The van der Waals surface area contributed by atoms with Crippen molar-refractivity contribution in [3.63, 3.8) is 0 Å². The molecule has 0 saturated heterocycles. The lowest BCUT2D eigenvalue weighted by Crippen LogP contribution is -2.13. The smallest absolute Gasteiger partial charge is 0.189 e. The lowest BCUT2D eigenvalue weighted by Gasteiger charge is -2.18. The zero-order chi connectivity index (χ0) is 16.2. The molecule has 0 spiro atoms. The number of hydrogen-bond donors (Lipinski definition) is 0. The standard InChI is InChI=1S/C20H20O3/c1-3-23-18-10-6-8-16(20(18)22-2)13-15-12-11-14-7-4-5-9-17(14)19(15)21/h4-10,13H,3,11-12H2,1-2H3/b15-13+. The lowest BCUT2D eigenvalue weighted by molar-refractivity contribution is 0.102. The predicted molar refractivity (Wildman–Crippen MR) is 91.2 cm³/mol. The van der Waals surface area contributed by atoms with E-state index < -0.39 is 0 Å². The summed E-state index contributed by atoms with van der Waals surface area (Å²) in [7, 11) is 1.62. The molecule has 0 amide bonds. The fraction of sp³-hybridized carbons (Fsp3) is 0.250. The molecule has 1 aliphatic carbocycles. The summed E-state index contributed by atoms with van der Waals surface area (Å²) >= 11 is 0. The van der Waals surface area contributed by atoms with Crippen LogP contribution in [0.25, 0.3) is 6.08 Å². The van der Waals surface area contributed by atoms with Crippen LogP contribution in [0.3, 0.4) is 0 Å². The van der Waals surface area contributed by atoms with E-state index in [9.17, 15) is 4.79 Å². The molecule has 0 fully saturated rings. The quantitative estimate of drug-likeness (QED) is 0.790. The number of para-hydroxylation sites is 1. The highest BCUT2D eigenvalue weighted by molar-refractivity contribution is 6.13. The first-order valence-corrected chi connectivity index (χ1v) is 7.87. The van der Waals surface area contributed by atoms with Gasteiger partial charge in [-0.3, -0.25) is 4.79 Å². The van der Waals surface area contributed by atoms with Crippen molar-refractivity contribution < 1.29 is 14.3 Å². The number of fused-ring (bicyclic) bond motifs is 1. The number of hydrogen-bond acceptors (Lipinski definition) is 3. The van der Waals surface area contributed by atoms with Crippen LogP contribution in [0.2, 0.25) is 0 Å². The van der Waals surface area contributed by atoms with Crippen LogP contribution < -0.4 is 9.47 Å². The van der Waals surface area contributed by atoms with Gasteiger partial charge >= 0.3 is 0 Å². The van der Waals surface area contributed by atoms with E-state index in [2.05, 4.69) is 0 Å². The minimum atomic E-state index is 0.107. The highest BCUT2D eigenvalue weighted by atomic mass is 16.5. The zero-order valence-electron chi connectivity index (χ0n) is 13.5. The summed E-state index contributed by atoms with van der Waals surface area (Å²) in [5.41, 5.74) is 3.63. The number of methoxy groups -OCH3 is 1. The Kier molecular flexibility index (Phi) is 4.47. The largest absolute Gasteiger partial charge is 0.492 e. The maximum Gasteiger partial charge on any atom is 0.189 e. The topological polar surface area (TPSA) is 35.5 Å². The molecule has 2 aromatic rings. The summed E-state index contributed by atoms with van der Waals surface area (Å²) in [6.45, 7) is 2.51. The molecule has 3 nitrogen and oxygen atoms in total. The highest BCUT2D eigenvalue weighted by Gasteiger charge is 2.22. The van der Waals surface area contributed by atoms with Gasteiger partial charge in [0.1, 0.15) is 0 Å². The van der Waals surface area contributed by atoms with E-state index in [1.807, 2.05) is 55.5 Å². The van der Waals surface area contributed by atoms with Crippen molar-refractivity contribution in [2.24, 2.45) is 0 Å². The number of allylic oxidation sites excluding steroid dienone is 1. The number of carbonyl (C=O) groups is 1. The number of Topliss-reactive ketones (excluding diaryl/α,β-unsaturated/α-hetero) is 1. The van der Waals surface area contributed by atoms with E-state index in [1.165, 1.54) is 0 Å². The van der Waals surface area contributed by atoms with Gasteiger partial charge in [-0.15, -0.1) is 0 Å². The van der Waals surface area contributed by atoms with Gasteiger partial charge in [0.15, 0.2) is 17.3 Å². The van der Waals surface area contributed by atoms with Crippen molar-refractivity contribution in [3.05, 3.63) is 64.7 Å². The Balaban J connectivity index is 2.00. The molecule has 118 valence electrons. The molecule has 2 aromatic carbocycles. The number of rotatable bonds is 4. The van der Waals surface area contributed by atoms with Crippen LogP contribution in [-0.2, 0) is 6.42 Å². The summed E-state index contributed by atoms with van der Waals surface area (Å²) in [6.07, 6.45) is 3.57. The number of benzene rings is 2. The van der Waals surface area contributed by atoms with Gasteiger partial charge in [-0.1, -0.05) is 36.4 Å². The van der Waals surface area contributed by atoms with Crippen LogP contribution in [0.5, 0.6) is 11.5 Å². The summed E-state index contributed by atoms with van der Waals surface area (Å²) in [5.74, 6) is 1.48. The maximum atomic E-state index is 12.7. The molecule has 3 heteroatoms. The molecule has 0 aliphatic heterocycles. The SMILES string of the molecule is CCOc1cccc(/C=C2\CCc3ccccc3C2=O)c1OC. The second-order valence-corrected chi connectivity index (χ2v) is 5.47. The van der Waals surface area contributed by atoms with E-state index in [4.69, 9.17) is 9.47 Å². The summed E-state index contributed by atoms with van der Waals surface area (Å²) in [6, 6.07) is 13.6. The first-order chi connectivity index (χ1) is 11.2. The number of aryl methyl sites for hydroxylation is 1. The van der Waals surface area contributed by atoms with E-state index in [-0.39, 0.29) is 5.78 Å². The van der Waals surface area contributed by atoms with Gasteiger partial charge in [0, 0.05) is 16.7 Å². The Hall–Kier alpha value is -2.55. The molecule has 0 atom stereocenters.